The first-order valence-corrected chi connectivity index (χ1v) is 8.29. The van der Waals surface area contributed by atoms with Crippen LogP contribution in [0.25, 0.3) is 0 Å². The molecule has 0 N–H and O–H groups in total. The van der Waals surface area contributed by atoms with Crippen LogP contribution in [-0.4, -0.2) is 46.0 Å². The van der Waals surface area contributed by atoms with E-state index < -0.39 is 23.8 Å². The molecule has 0 unspecified atom stereocenters. The first kappa shape index (κ1) is 20.8. The highest BCUT2D eigenvalue weighted by Gasteiger charge is 2.75. The molecule has 0 saturated carbocycles. The Kier molecular flexibility index (Phi) is 5.81. The summed E-state index contributed by atoms with van der Waals surface area (Å²) in [6.45, 7) is 0.380. The lowest BCUT2D eigenvalue weighted by Gasteiger charge is -2.26. The van der Waals surface area contributed by atoms with Crippen molar-refractivity contribution in [1.29, 1.82) is 0 Å². The highest BCUT2D eigenvalue weighted by molar-refractivity contribution is 8.03. The van der Waals surface area contributed by atoms with Gasteiger partial charge in [-0.25, -0.2) is 4.98 Å². The maximum atomic E-state index is 13.4. The van der Waals surface area contributed by atoms with Gasteiger partial charge in [0.1, 0.15) is 5.15 Å². The summed E-state index contributed by atoms with van der Waals surface area (Å²) in [7, 11) is 0. The third kappa shape index (κ3) is 4.08. The topological polar surface area (TPSA) is 33.2 Å². The molecule has 144 valence electrons. The summed E-state index contributed by atoms with van der Waals surface area (Å²) < 4.78 is 89.2. The van der Waals surface area contributed by atoms with E-state index in [-0.39, 0.29) is 29.3 Å². The Bertz CT molecular complexity index is 706. The molecule has 0 amide bonds. The molecular formula is C14H10ClF7N2OS. The fourth-order valence-corrected chi connectivity index (χ4v) is 3.17. The summed E-state index contributed by atoms with van der Waals surface area (Å²) in [5.74, 6) is -14.6. The minimum atomic E-state index is -6.55. The van der Waals surface area contributed by atoms with Gasteiger partial charge in [-0.2, -0.15) is 30.7 Å². The van der Waals surface area contributed by atoms with Gasteiger partial charge in [-0.05, 0) is 11.6 Å². The van der Waals surface area contributed by atoms with Crippen molar-refractivity contribution in [2.75, 3.05) is 12.3 Å². The minimum absolute atomic E-state index is 0.0948. The number of allylic oxidation sites excluding steroid dienone is 1. The molecule has 0 atom stereocenters. The van der Waals surface area contributed by atoms with Gasteiger partial charge in [-0.3, -0.25) is 4.79 Å². The molecule has 3 nitrogen and oxygen atoms in total. The van der Waals surface area contributed by atoms with Gasteiger partial charge < -0.3 is 4.90 Å². The number of hydrogen-bond donors (Lipinski definition) is 0. The number of ketones is 1. The van der Waals surface area contributed by atoms with Crippen LogP contribution in [0.4, 0.5) is 30.7 Å². The van der Waals surface area contributed by atoms with E-state index >= 15 is 0 Å². The van der Waals surface area contributed by atoms with E-state index in [2.05, 4.69) is 4.98 Å². The molecule has 1 fully saturated rings. The molecule has 1 aromatic rings. The number of halogens is 8. The average Bonchev–Trinajstić information content (AvgIpc) is 2.95. The van der Waals surface area contributed by atoms with Gasteiger partial charge in [-0.1, -0.05) is 17.7 Å². The Balaban J connectivity index is 2.21. The van der Waals surface area contributed by atoms with Crippen molar-refractivity contribution in [3.05, 3.63) is 40.2 Å². The number of aromatic nitrogens is 1. The average molecular weight is 423 g/mol. The second-order valence-electron chi connectivity index (χ2n) is 5.25. The summed E-state index contributed by atoms with van der Waals surface area (Å²) in [4.78, 5) is 16.7. The van der Waals surface area contributed by atoms with Crippen LogP contribution in [0, 0.1) is 0 Å². The zero-order chi connectivity index (χ0) is 19.8. The summed E-state index contributed by atoms with van der Waals surface area (Å²) in [5.41, 5.74) is 0.586. The molecule has 0 radical (unpaired) electrons. The summed E-state index contributed by atoms with van der Waals surface area (Å²) >= 11 is 6.52. The van der Waals surface area contributed by atoms with E-state index in [9.17, 15) is 35.5 Å². The fraction of sp³-hybridized carbons (Fsp3) is 0.429. The highest BCUT2D eigenvalue weighted by atomic mass is 35.5. The Labute approximate surface area is 152 Å². The Morgan fingerprint density at radius 3 is 2.42 bits per heavy atom. The second-order valence-corrected chi connectivity index (χ2v) is 6.76. The molecule has 1 aliphatic heterocycles. The van der Waals surface area contributed by atoms with E-state index in [1.165, 1.54) is 17.2 Å². The number of pyridine rings is 1. The van der Waals surface area contributed by atoms with E-state index in [1.54, 1.807) is 6.07 Å². The molecule has 1 saturated heterocycles. The van der Waals surface area contributed by atoms with Gasteiger partial charge in [-0.15, -0.1) is 11.8 Å². The van der Waals surface area contributed by atoms with Crippen LogP contribution >= 0.6 is 23.4 Å². The summed E-state index contributed by atoms with van der Waals surface area (Å²) in [6, 6.07) is 3.04. The Hall–Kier alpha value is -1.49. The Morgan fingerprint density at radius 1 is 1.23 bits per heavy atom. The molecule has 2 heterocycles. The smallest absolute Gasteiger partial charge is 0.361 e. The normalized spacial score (nSPS) is 17.8. The number of thioether (sulfide) groups is 1. The van der Waals surface area contributed by atoms with Gasteiger partial charge in [0.25, 0.3) is 0 Å². The SMILES string of the molecule is O=C(/C=C1\SCCN1Cc1ccc(Cl)nc1)C(F)(F)C(F)(F)C(F)(F)F. The van der Waals surface area contributed by atoms with Crippen LogP contribution in [0.5, 0.6) is 0 Å². The standard InChI is InChI=1S/C14H10ClF7N2OS/c15-10-2-1-8(6-23-10)7-24-3-4-26-11(24)5-9(25)12(16,17)13(18,19)14(20,21)22/h1-2,5-6H,3-4,7H2/b11-5-. The molecule has 1 aliphatic rings. The van der Waals surface area contributed by atoms with E-state index in [0.29, 0.717) is 11.3 Å². The molecule has 1 aromatic heterocycles. The van der Waals surface area contributed by atoms with E-state index in [0.717, 1.165) is 11.8 Å². The third-order valence-electron chi connectivity index (χ3n) is 3.40. The largest absolute Gasteiger partial charge is 0.460 e. The van der Waals surface area contributed by atoms with Gasteiger partial charge in [0.15, 0.2) is 0 Å². The van der Waals surface area contributed by atoms with E-state index in [1.807, 2.05) is 0 Å². The molecule has 0 bridgehead atoms. The zero-order valence-corrected chi connectivity index (χ0v) is 14.2. The fourth-order valence-electron chi connectivity index (χ4n) is 2.01. The monoisotopic (exact) mass is 422 g/mol. The number of hydrogen-bond acceptors (Lipinski definition) is 4. The number of nitrogens with zero attached hydrogens (tertiary/aromatic N) is 2. The van der Waals surface area contributed by atoms with E-state index in [4.69, 9.17) is 11.6 Å². The number of alkyl halides is 7. The third-order valence-corrected chi connectivity index (χ3v) is 4.68. The zero-order valence-electron chi connectivity index (χ0n) is 12.7. The number of carbonyl (C=O) groups excluding carboxylic acids is 1. The molecular weight excluding hydrogens is 413 g/mol. The summed E-state index contributed by atoms with van der Waals surface area (Å²) in [6.07, 6.45) is -5.04. The maximum Gasteiger partial charge on any atom is 0.460 e. The van der Waals surface area contributed by atoms with Crippen molar-refractivity contribution in [1.82, 2.24) is 9.88 Å². The molecule has 12 heteroatoms. The molecule has 0 aliphatic carbocycles. The number of rotatable bonds is 5. The molecule has 0 spiro atoms. The minimum Gasteiger partial charge on any atom is -0.361 e. The first-order chi connectivity index (χ1) is 11.9. The van der Waals surface area contributed by atoms with Crippen LogP contribution < -0.4 is 0 Å². The van der Waals surface area contributed by atoms with Gasteiger partial charge >= 0.3 is 18.0 Å². The summed E-state index contributed by atoms with van der Waals surface area (Å²) in [5, 5.41) is 0.0899. The quantitative estimate of drug-likeness (QED) is 0.397. The van der Waals surface area contributed by atoms with Crippen molar-refractivity contribution in [2.45, 2.75) is 24.6 Å². The molecule has 26 heavy (non-hydrogen) atoms. The van der Waals surface area contributed by atoms with Gasteiger partial charge in [0, 0.05) is 31.1 Å². The van der Waals surface area contributed by atoms with Crippen molar-refractivity contribution in [2.24, 2.45) is 0 Å². The van der Waals surface area contributed by atoms with Crippen molar-refractivity contribution >= 4 is 29.1 Å². The first-order valence-electron chi connectivity index (χ1n) is 6.93. The van der Waals surface area contributed by atoms with Crippen molar-refractivity contribution in [3.8, 4) is 0 Å². The van der Waals surface area contributed by atoms with Crippen LogP contribution in [0.3, 0.4) is 0 Å². The lowest BCUT2D eigenvalue weighted by atomic mass is 10.1. The van der Waals surface area contributed by atoms with Gasteiger partial charge in [0.05, 0.1) is 5.03 Å². The van der Waals surface area contributed by atoms with Crippen molar-refractivity contribution < 1.29 is 35.5 Å². The van der Waals surface area contributed by atoms with Crippen LogP contribution in [0.15, 0.2) is 29.4 Å². The lowest BCUT2D eigenvalue weighted by Crippen LogP contribution is -2.55. The van der Waals surface area contributed by atoms with Crippen LogP contribution in [0.1, 0.15) is 5.56 Å². The highest BCUT2D eigenvalue weighted by Crippen LogP contribution is 2.47. The second kappa shape index (κ2) is 7.26. The number of carbonyl (C=O) groups is 1. The Morgan fingerprint density at radius 2 is 1.88 bits per heavy atom. The molecule has 2 rings (SSSR count). The predicted molar refractivity (Wildman–Crippen MR) is 81.2 cm³/mol. The lowest BCUT2D eigenvalue weighted by molar-refractivity contribution is -0.342. The van der Waals surface area contributed by atoms with Crippen molar-refractivity contribution in [3.63, 3.8) is 0 Å². The van der Waals surface area contributed by atoms with Crippen LogP contribution in [0.2, 0.25) is 5.15 Å². The molecule has 0 aromatic carbocycles. The maximum absolute atomic E-state index is 13.4. The van der Waals surface area contributed by atoms with Crippen LogP contribution in [-0.2, 0) is 11.3 Å². The predicted octanol–water partition coefficient (Wildman–Crippen LogP) is 4.53. The van der Waals surface area contributed by atoms with Gasteiger partial charge in [0.2, 0.25) is 5.78 Å².